The van der Waals surface area contributed by atoms with Crippen LogP contribution in [0.5, 0.6) is 0 Å². The highest BCUT2D eigenvalue weighted by Gasteiger charge is 2.93. The van der Waals surface area contributed by atoms with E-state index >= 15 is 0 Å². The number of ether oxygens (including phenoxy) is 6. The van der Waals surface area contributed by atoms with E-state index < -0.39 is 59.8 Å². The number of alkyl halides is 1. The average Bonchev–Trinajstić information content (AvgIpc) is 3.88. The fourth-order valence-corrected chi connectivity index (χ4v) is 9.90. The fourth-order valence-electron chi connectivity index (χ4n) is 9.90. The van der Waals surface area contributed by atoms with Gasteiger partial charge in [0.25, 0.3) is 0 Å². The molecule has 13 atom stereocenters. The van der Waals surface area contributed by atoms with Crippen LogP contribution in [-0.2, 0) is 42.8 Å². The van der Waals surface area contributed by atoms with E-state index in [0.717, 1.165) is 24.0 Å². The van der Waals surface area contributed by atoms with Gasteiger partial charge in [-0.05, 0) is 50.5 Å². The van der Waals surface area contributed by atoms with Gasteiger partial charge in [-0.15, -0.1) is 0 Å². The summed E-state index contributed by atoms with van der Waals surface area (Å²) in [5.74, 6) is -1.12. The summed E-state index contributed by atoms with van der Waals surface area (Å²) < 4.78 is 49.7. The van der Waals surface area contributed by atoms with E-state index in [2.05, 4.69) is 20.8 Å². The van der Waals surface area contributed by atoms with Gasteiger partial charge in [-0.3, -0.25) is 9.59 Å². The van der Waals surface area contributed by atoms with Crippen LogP contribution in [0.15, 0.2) is 11.1 Å². The lowest BCUT2D eigenvalue weighted by Gasteiger charge is -2.61. The number of epoxide rings is 1. The first-order chi connectivity index (χ1) is 20.7. The van der Waals surface area contributed by atoms with E-state index in [4.69, 9.17) is 28.4 Å². The molecule has 0 radical (unpaired) electrons. The van der Waals surface area contributed by atoms with Crippen molar-refractivity contribution < 1.29 is 57.4 Å². The first-order valence-corrected chi connectivity index (χ1v) is 15.9. The van der Waals surface area contributed by atoms with E-state index in [1.54, 1.807) is 0 Å². The molecule has 0 aromatic rings. The predicted octanol–water partition coefficient (Wildman–Crippen LogP) is 1.94. The maximum absolute atomic E-state index is 13.9. The van der Waals surface area contributed by atoms with Crippen LogP contribution >= 0.6 is 0 Å². The van der Waals surface area contributed by atoms with Crippen molar-refractivity contribution in [2.24, 2.45) is 28.6 Å². The Morgan fingerprint density at radius 3 is 2.59 bits per heavy atom. The molecule has 0 amide bonds. The number of hydrogen-bond donors (Lipinski definition) is 2. The Hall–Kier alpha value is -2.12. The van der Waals surface area contributed by atoms with Gasteiger partial charge >= 0.3 is 17.9 Å². The third-order valence-electron chi connectivity index (χ3n) is 12.5. The molecule has 7 rings (SSSR count). The number of fused-ring (bicyclic) bond motifs is 4. The lowest BCUT2D eigenvalue weighted by molar-refractivity contribution is -0.265. The van der Waals surface area contributed by atoms with Crippen molar-refractivity contribution in [1.29, 1.82) is 0 Å². The molecule has 7 aliphatic rings. The second kappa shape index (κ2) is 9.94. The molecular formula is C32H43FO11. The summed E-state index contributed by atoms with van der Waals surface area (Å²) in [6, 6.07) is 0. The standard InChI is InChI=1S/C32H43FO11/c1-14(2)31-10-18(31)26-32(44-26)29(4)9-8-16-17(11-40-27(16)38)19(29)12-41-30(32,5)28(31)43-22(35)7-6-21(34)39-13-20-24(36)25(37)23(33)15(3)42-20/h14-15,18-20,23-26,28,36-37H,6-13H2,1-5H3/t15?,18-,19?,20+,23-,24+,25+,26-,28-,29-,30+,31+,32+/m0/s1. The van der Waals surface area contributed by atoms with Crippen LogP contribution in [0.25, 0.3) is 0 Å². The maximum Gasteiger partial charge on any atom is 0.334 e. The number of carbonyl (C=O) groups excluding carboxylic acids is 3. The molecule has 0 aromatic carbocycles. The topological polar surface area (TPSA) is 150 Å². The number of rotatable bonds is 7. The lowest BCUT2D eigenvalue weighted by atomic mass is 9.49. The molecule has 4 aliphatic heterocycles. The molecule has 44 heavy (non-hydrogen) atoms. The molecular weight excluding hydrogens is 579 g/mol. The zero-order chi connectivity index (χ0) is 31.6. The second-order valence-corrected chi connectivity index (χ2v) is 14.7. The number of carbonyl (C=O) groups is 3. The van der Waals surface area contributed by atoms with Gasteiger partial charge in [0.2, 0.25) is 0 Å². The van der Waals surface area contributed by atoms with Gasteiger partial charge in [-0.25, -0.2) is 9.18 Å². The molecule has 12 heteroatoms. The highest BCUT2D eigenvalue weighted by Crippen LogP contribution is 2.82. The predicted molar refractivity (Wildman–Crippen MR) is 147 cm³/mol. The van der Waals surface area contributed by atoms with Crippen LogP contribution in [0.3, 0.4) is 0 Å². The molecule has 11 nitrogen and oxygen atoms in total. The molecule has 4 heterocycles. The van der Waals surface area contributed by atoms with Crippen molar-refractivity contribution in [2.45, 2.75) is 121 Å². The minimum Gasteiger partial charge on any atom is -0.463 e. The van der Waals surface area contributed by atoms with Crippen LogP contribution in [-0.4, -0.2) is 102 Å². The van der Waals surface area contributed by atoms with E-state index in [0.29, 0.717) is 13.0 Å². The van der Waals surface area contributed by atoms with Crippen LogP contribution < -0.4 is 0 Å². The monoisotopic (exact) mass is 622 g/mol. The molecule has 244 valence electrons. The molecule has 2 N–H and O–H groups in total. The number of aliphatic hydroxyl groups excluding tert-OH is 2. The molecule has 5 fully saturated rings. The smallest absolute Gasteiger partial charge is 0.334 e. The van der Waals surface area contributed by atoms with E-state index in [-0.39, 0.29) is 66.7 Å². The zero-order valence-corrected chi connectivity index (χ0v) is 25.9. The Bertz CT molecular complexity index is 1300. The summed E-state index contributed by atoms with van der Waals surface area (Å²) in [4.78, 5) is 38.3. The molecule has 0 bridgehead atoms. The Labute approximate surface area is 255 Å². The van der Waals surface area contributed by atoms with Crippen LogP contribution in [0.2, 0.25) is 0 Å². The van der Waals surface area contributed by atoms with Gasteiger partial charge in [0.15, 0.2) is 6.17 Å². The highest BCUT2D eigenvalue weighted by atomic mass is 19.1. The molecule has 3 saturated heterocycles. The number of esters is 3. The van der Waals surface area contributed by atoms with Crippen LogP contribution in [0, 0.1) is 28.6 Å². The Morgan fingerprint density at radius 2 is 1.86 bits per heavy atom. The molecule has 2 saturated carbocycles. The Balaban J connectivity index is 1.05. The lowest BCUT2D eigenvalue weighted by Crippen LogP contribution is -2.73. The average molecular weight is 623 g/mol. The SMILES string of the molecule is CC1O[C@H](COC(=O)CCC(=O)O[C@@H]2[C@@]3(C(C)C)C[C@H]3[C@@H]3O[C@@]34[C@@]3(C)CCC5=C(COC5=O)C3CO[C@]24C)[C@@H](O)[C@H](O)[C@H]1F. The van der Waals surface area contributed by atoms with Gasteiger partial charge in [-0.2, -0.15) is 0 Å². The quantitative estimate of drug-likeness (QED) is 0.244. The van der Waals surface area contributed by atoms with Gasteiger partial charge < -0.3 is 38.6 Å². The van der Waals surface area contributed by atoms with Crippen molar-refractivity contribution in [2.75, 3.05) is 19.8 Å². The van der Waals surface area contributed by atoms with Crippen LogP contribution in [0.4, 0.5) is 4.39 Å². The van der Waals surface area contributed by atoms with E-state index in [9.17, 15) is 29.0 Å². The van der Waals surface area contributed by atoms with Crippen molar-refractivity contribution >= 4 is 17.9 Å². The molecule has 0 aromatic heterocycles. The summed E-state index contributed by atoms with van der Waals surface area (Å²) in [7, 11) is 0. The van der Waals surface area contributed by atoms with E-state index in [1.165, 1.54) is 6.92 Å². The van der Waals surface area contributed by atoms with Crippen molar-refractivity contribution in [3.8, 4) is 0 Å². The third-order valence-corrected chi connectivity index (χ3v) is 12.5. The summed E-state index contributed by atoms with van der Waals surface area (Å²) in [5, 5.41) is 20.0. The minimum atomic E-state index is -1.75. The number of cyclic esters (lactones) is 1. The Kier molecular flexibility index (Phi) is 6.90. The van der Waals surface area contributed by atoms with Gasteiger partial charge in [0.05, 0.1) is 31.7 Å². The summed E-state index contributed by atoms with van der Waals surface area (Å²) >= 11 is 0. The molecule has 1 spiro atoms. The summed E-state index contributed by atoms with van der Waals surface area (Å²) in [5.41, 5.74) is -0.488. The fraction of sp³-hybridized carbons (Fsp3) is 0.844. The first kappa shape index (κ1) is 30.5. The molecule has 3 aliphatic carbocycles. The maximum atomic E-state index is 13.9. The third kappa shape index (κ3) is 3.87. The summed E-state index contributed by atoms with van der Waals surface area (Å²) in [6.45, 7) is 10.2. The zero-order valence-electron chi connectivity index (χ0n) is 25.9. The van der Waals surface area contributed by atoms with Gasteiger partial charge in [0.1, 0.15) is 48.8 Å². The van der Waals surface area contributed by atoms with Gasteiger partial charge in [0, 0.05) is 22.3 Å². The largest absolute Gasteiger partial charge is 0.463 e. The second-order valence-electron chi connectivity index (χ2n) is 14.7. The van der Waals surface area contributed by atoms with Crippen LogP contribution in [0.1, 0.15) is 66.7 Å². The van der Waals surface area contributed by atoms with Gasteiger partial charge in [-0.1, -0.05) is 20.8 Å². The first-order valence-electron chi connectivity index (χ1n) is 15.9. The normalized spacial score (nSPS) is 50.0. The van der Waals surface area contributed by atoms with Crippen molar-refractivity contribution in [3.05, 3.63) is 11.1 Å². The number of aliphatic hydroxyl groups is 2. The van der Waals surface area contributed by atoms with Crippen molar-refractivity contribution in [3.63, 3.8) is 0 Å². The van der Waals surface area contributed by atoms with E-state index in [1.807, 2.05) is 6.92 Å². The molecule has 2 unspecified atom stereocenters. The highest BCUT2D eigenvalue weighted by molar-refractivity contribution is 5.92. The Morgan fingerprint density at radius 1 is 1.14 bits per heavy atom. The number of halogens is 1. The number of hydrogen-bond acceptors (Lipinski definition) is 11. The summed E-state index contributed by atoms with van der Waals surface area (Å²) in [6.07, 6.45) is -5.89. The van der Waals surface area contributed by atoms with Crippen molar-refractivity contribution in [1.82, 2.24) is 0 Å². The minimum absolute atomic E-state index is 0.0286.